The van der Waals surface area contributed by atoms with Crippen LogP contribution in [-0.4, -0.2) is 31.8 Å². The number of hydrogen-bond donors (Lipinski definition) is 1. The van der Waals surface area contributed by atoms with E-state index >= 15 is 0 Å². The van der Waals surface area contributed by atoms with Gasteiger partial charge in [-0.05, 0) is 31.4 Å². The average Bonchev–Trinajstić information content (AvgIpc) is 2.95. The van der Waals surface area contributed by atoms with Crippen molar-refractivity contribution in [3.8, 4) is 0 Å². The monoisotopic (exact) mass is 302 g/mol. The van der Waals surface area contributed by atoms with Gasteiger partial charge in [-0.2, -0.15) is 0 Å². The van der Waals surface area contributed by atoms with Crippen molar-refractivity contribution in [3.05, 3.63) is 17.0 Å². The molecule has 1 aromatic rings. The van der Waals surface area contributed by atoms with E-state index in [0.717, 1.165) is 42.0 Å². The van der Waals surface area contributed by atoms with Crippen LogP contribution in [0.4, 0.5) is 0 Å². The minimum absolute atomic E-state index is 0.0761. The van der Waals surface area contributed by atoms with Gasteiger partial charge in [-0.3, -0.25) is 4.79 Å². The summed E-state index contributed by atoms with van der Waals surface area (Å²) in [5.41, 5.74) is 0. The van der Waals surface area contributed by atoms with Gasteiger partial charge >= 0.3 is 0 Å². The molecule has 0 radical (unpaired) electrons. The molecule has 1 aliphatic rings. The Morgan fingerprint density at radius 1 is 1.53 bits per heavy atom. The van der Waals surface area contributed by atoms with Gasteiger partial charge in [-0.1, -0.05) is 6.92 Å². The Bertz CT molecular complexity index is 565. The van der Waals surface area contributed by atoms with Gasteiger partial charge in [-0.15, -0.1) is 11.3 Å². The predicted octanol–water partition coefficient (Wildman–Crippen LogP) is 1.34. The number of hydrogen-bond acceptors (Lipinski definition) is 4. The fraction of sp³-hybridized carbons (Fsp3) is 0.583. The van der Waals surface area contributed by atoms with E-state index in [0.29, 0.717) is 6.04 Å². The molecule has 0 bridgehead atoms. The summed E-state index contributed by atoms with van der Waals surface area (Å²) >= 11 is 1.08. The fourth-order valence-electron chi connectivity index (χ4n) is 2.45. The van der Waals surface area contributed by atoms with Gasteiger partial charge in [0.2, 0.25) is 15.9 Å². The third kappa shape index (κ3) is 3.34. The lowest BCUT2D eigenvalue weighted by Gasteiger charge is -2.23. The summed E-state index contributed by atoms with van der Waals surface area (Å²) in [4.78, 5) is 14.9. The second kappa shape index (κ2) is 5.60. The number of likely N-dealkylation sites (tertiary alicyclic amines) is 1. The molecular formula is C12H18N2O3S2. The Morgan fingerprint density at radius 2 is 2.26 bits per heavy atom. The number of primary sulfonamides is 1. The second-order valence-electron chi connectivity index (χ2n) is 4.73. The number of nitrogens with zero attached hydrogens (tertiary/aromatic N) is 1. The zero-order valence-corrected chi connectivity index (χ0v) is 12.5. The first kappa shape index (κ1) is 14.5. The van der Waals surface area contributed by atoms with Gasteiger partial charge < -0.3 is 4.90 Å². The Labute approximate surface area is 117 Å². The summed E-state index contributed by atoms with van der Waals surface area (Å²) in [6.07, 6.45) is 3.35. The minimum Gasteiger partial charge on any atom is -0.339 e. The normalized spacial score (nSPS) is 19.9. The van der Waals surface area contributed by atoms with Crippen molar-refractivity contribution in [2.45, 2.75) is 42.9 Å². The van der Waals surface area contributed by atoms with Crippen LogP contribution in [0.15, 0.2) is 16.3 Å². The van der Waals surface area contributed by atoms with E-state index in [-0.39, 0.29) is 16.5 Å². The molecule has 2 rings (SSSR count). The van der Waals surface area contributed by atoms with Gasteiger partial charge in [-0.25, -0.2) is 13.6 Å². The van der Waals surface area contributed by atoms with E-state index in [4.69, 9.17) is 5.14 Å². The molecule has 1 aliphatic heterocycles. The first-order valence-corrected chi connectivity index (χ1v) is 8.69. The molecule has 1 aromatic heterocycles. The second-order valence-corrected chi connectivity index (χ2v) is 7.69. The van der Waals surface area contributed by atoms with Crippen LogP contribution in [0.3, 0.4) is 0 Å². The van der Waals surface area contributed by atoms with Crippen LogP contribution in [0.25, 0.3) is 0 Å². The molecule has 0 aliphatic carbocycles. The Balaban J connectivity index is 2.05. The minimum atomic E-state index is -3.66. The highest BCUT2D eigenvalue weighted by Crippen LogP contribution is 2.24. The van der Waals surface area contributed by atoms with Gasteiger partial charge in [0.15, 0.2) is 0 Å². The third-order valence-electron chi connectivity index (χ3n) is 3.41. The number of thiophene rings is 1. The zero-order chi connectivity index (χ0) is 14.0. The molecule has 106 valence electrons. The molecule has 0 spiro atoms. The lowest BCUT2D eigenvalue weighted by molar-refractivity contribution is -0.131. The standard InChI is InChI=1S/C12H18N2O3S2/c1-2-9-4-3-7-14(9)11(15)8-10-5-6-12(18-10)19(13,16)17/h5-6,9H,2-4,7-8H2,1H3,(H2,13,16,17). The quantitative estimate of drug-likeness (QED) is 0.911. The van der Waals surface area contributed by atoms with Crippen molar-refractivity contribution in [1.82, 2.24) is 4.90 Å². The number of rotatable bonds is 4. The fourth-order valence-corrected chi connectivity index (χ4v) is 4.21. The summed E-state index contributed by atoms with van der Waals surface area (Å²) in [7, 11) is -3.66. The number of carbonyl (C=O) groups is 1. The number of amides is 1. The van der Waals surface area contributed by atoms with Crippen LogP contribution >= 0.6 is 11.3 Å². The van der Waals surface area contributed by atoms with Crippen molar-refractivity contribution in [1.29, 1.82) is 0 Å². The molecular weight excluding hydrogens is 284 g/mol. The Hall–Kier alpha value is -0.920. The van der Waals surface area contributed by atoms with Crippen LogP contribution in [0.2, 0.25) is 0 Å². The van der Waals surface area contributed by atoms with Crippen LogP contribution in [0.5, 0.6) is 0 Å². The maximum Gasteiger partial charge on any atom is 0.247 e. The maximum absolute atomic E-state index is 12.2. The highest BCUT2D eigenvalue weighted by atomic mass is 32.2. The van der Waals surface area contributed by atoms with Gasteiger partial charge in [0.05, 0.1) is 6.42 Å². The summed E-state index contributed by atoms with van der Waals surface area (Å²) in [5, 5.41) is 5.05. The van der Waals surface area contributed by atoms with Crippen LogP contribution in [0, 0.1) is 0 Å². The molecule has 5 nitrogen and oxygen atoms in total. The summed E-state index contributed by atoms with van der Waals surface area (Å²) in [5.74, 6) is 0.0761. The molecule has 1 atom stereocenters. The number of sulfonamides is 1. The van der Waals surface area contributed by atoms with Gasteiger partial charge in [0, 0.05) is 17.5 Å². The van der Waals surface area contributed by atoms with Crippen molar-refractivity contribution < 1.29 is 13.2 Å². The predicted molar refractivity (Wildman–Crippen MR) is 74.4 cm³/mol. The molecule has 0 saturated carbocycles. The number of carbonyl (C=O) groups excluding carboxylic acids is 1. The zero-order valence-electron chi connectivity index (χ0n) is 10.8. The van der Waals surface area contributed by atoms with E-state index in [1.807, 2.05) is 4.90 Å². The SMILES string of the molecule is CCC1CCCN1C(=O)Cc1ccc(S(N)(=O)=O)s1. The van der Waals surface area contributed by atoms with Crippen molar-refractivity contribution in [2.24, 2.45) is 5.14 Å². The van der Waals surface area contributed by atoms with Crippen LogP contribution in [-0.2, 0) is 21.2 Å². The van der Waals surface area contributed by atoms with Crippen molar-refractivity contribution in [2.75, 3.05) is 6.54 Å². The highest BCUT2D eigenvalue weighted by Gasteiger charge is 2.27. The molecule has 2 heterocycles. The topological polar surface area (TPSA) is 80.5 Å². The molecule has 1 fully saturated rings. The molecule has 1 unspecified atom stereocenters. The first-order chi connectivity index (χ1) is 8.91. The molecule has 2 N–H and O–H groups in total. The summed E-state index contributed by atoms with van der Waals surface area (Å²) < 4.78 is 22.5. The van der Waals surface area contributed by atoms with E-state index in [1.54, 1.807) is 6.07 Å². The van der Waals surface area contributed by atoms with E-state index in [2.05, 4.69) is 6.92 Å². The summed E-state index contributed by atoms with van der Waals surface area (Å²) in [6.45, 7) is 2.89. The lowest BCUT2D eigenvalue weighted by Crippen LogP contribution is -2.35. The van der Waals surface area contributed by atoms with Gasteiger partial charge in [0.25, 0.3) is 0 Å². The lowest BCUT2D eigenvalue weighted by atomic mass is 10.1. The van der Waals surface area contributed by atoms with E-state index in [1.165, 1.54) is 6.07 Å². The smallest absolute Gasteiger partial charge is 0.247 e. The molecule has 0 aromatic carbocycles. The average molecular weight is 302 g/mol. The van der Waals surface area contributed by atoms with E-state index < -0.39 is 10.0 Å². The Morgan fingerprint density at radius 3 is 2.84 bits per heavy atom. The van der Waals surface area contributed by atoms with E-state index in [9.17, 15) is 13.2 Å². The van der Waals surface area contributed by atoms with Gasteiger partial charge in [0.1, 0.15) is 4.21 Å². The highest BCUT2D eigenvalue weighted by molar-refractivity contribution is 7.91. The van der Waals surface area contributed by atoms with Crippen molar-refractivity contribution in [3.63, 3.8) is 0 Å². The first-order valence-electron chi connectivity index (χ1n) is 6.32. The molecule has 19 heavy (non-hydrogen) atoms. The summed E-state index contributed by atoms with van der Waals surface area (Å²) in [6, 6.07) is 3.47. The maximum atomic E-state index is 12.2. The molecule has 1 amide bonds. The Kier molecular flexibility index (Phi) is 4.27. The number of nitrogens with two attached hydrogens (primary N) is 1. The van der Waals surface area contributed by atoms with Crippen molar-refractivity contribution >= 4 is 27.3 Å². The molecule has 1 saturated heterocycles. The largest absolute Gasteiger partial charge is 0.339 e. The molecule has 7 heteroatoms. The third-order valence-corrected chi connectivity index (χ3v) is 5.94. The van der Waals surface area contributed by atoms with Crippen LogP contribution in [0.1, 0.15) is 31.1 Å². The van der Waals surface area contributed by atoms with Crippen LogP contribution < -0.4 is 5.14 Å².